The standard InChI is InChI=1S/C20H19N3O4/c24-18(14-5-2-1-3-6-14)22-9-4-10-23(12-11-22)19(25)15-7-8-16-17(13-15)27-20(26)21-16/h1-3,5-8,13H,4,9-12H2,(H,21,26). The van der Waals surface area contributed by atoms with Gasteiger partial charge in [0.2, 0.25) is 0 Å². The fourth-order valence-corrected chi connectivity index (χ4v) is 3.35. The van der Waals surface area contributed by atoms with Crippen molar-refractivity contribution in [3.05, 3.63) is 70.2 Å². The molecule has 7 nitrogen and oxygen atoms in total. The van der Waals surface area contributed by atoms with Gasteiger partial charge in [-0.25, -0.2) is 4.79 Å². The van der Waals surface area contributed by atoms with Gasteiger partial charge >= 0.3 is 5.76 Å². The number of oxazole rings is 1. The Balaban J connectivity index is 1.47. The van der Waals surface area contributed by atoms with E-state index in [1.54, 1.807) is 40.1 Å². The molecule has 138 valence electrons. The van der Waals surface area contributed by atoms with Gasteiger partial charge < -0.3 is 14.2 Å². The fraction of sp³-hybridized carbons (Fsp3) is 0.250. The van der Waals surface area contributed by atoms with Gasteiger partial charge in [0.05, 0.1) is 5.52 Å². The van der Waals surface area contributed by atoms with E-state index in [1.807, 2.05) is 18.2 Å². The second-order valence-corrected chi connectivity index (χ2v) is 6.53. The minimum Gasteiger partial charge on any atom is -0.408 e. The summed E-state index contributed by atoms with van der Waals surface area (Å²) in [5.41, 5.74) is 2.05. The Bertz CT molecular complexity index is 1040. The van der Waals surface area contributed by atoms with Crippen LogP contribution in [0.15, 0.2) is 57.7 Å². The second-order valence-electron chi connectivity index (χ2n) is 6.53. The van der Waals surface area contributed by atoms with E-state index in [1.165, 1.54) is 0 Å². The van der Waals surface area contributed by atoms with Crippen LogP contribution in [-0.2, 0) is 0 Å². The summed E-state index contributed by atoms with van der Waals surface area (Å²) in [6.45, 7) is 2.14. The molecule has 0 bridgehead atoms. The molecular formula is C20H19N3O4. The highest BCUT2D eigenvalue weighted by molar-refractivity contribution is 5.97. The van der Waals surface area contributed by atoms with Crippen LogP contribution in [0.25, 0.3) is 11.1 Å². The highest BCUT2D eigenvalue weighted by atomic mass is 16.4. The average molecular weight is 365 g/mol. The van der Waals surface area contributed by atoms with Gasteiger partial charge in [-0.3, -0.25) is 14.6 Å². The lowest BCUT2D eigenvalue weighted by Crippen LogP contribution is -2.37. The Kier molecular flexibility index (Phi) is 4.50. The number of benzene rings is 2. The van der Waals surface area contributed by atoms with Crippen molar-refractivity contribution in [2.75, 3.05) is 26.2 Å². The molecular weight excluding hydrogens is 346 g/mol. The summed E-state index contributed by atoms with van der Waals surface area (Å²) in [5.74, 6) is -0.686. The summed E-state index contributed by atoms with van der Waals surface area (Å²) in [6.07, 6.45) is 0.714. The Morgan fingerprint density at radius 1 is 0.852 bits per heavy atom. The number of aromatic amines is 1. The number of nitrogens with zero attached hydrogens (tertiary/aromatic N) is 2. The number of nitrogens with one attached hydrogen (secondary N) is 1. The van der Waals surface area contributed by atoms with E-state index in [0.717, 1.165) is 0 Å². The van der Waals surface area contributed by atoms with Crippen molar-refractivity contribution in [3.63, 3.8) is 0 Å². The van der Waals surface area contributed by atoms with Crippen LogP contribution in [0, 0.1) is 0 Å². The molecule has 1 N–H and O–H groups in total. The summed E-state index contributed by atoms with van der Waals surface area (Å²) in [5, 5.41) is 0. The zero-order chi connectivity index (χ0) is 18.8. The van der Waals surface area contributed by atoms with E-state index in [2.05, 4.69) is 4.98 Å². The fourth-order valence-electron chi connectivity index (χ4n) is 3.35. The summed E-state index contributed by atoms with van der Waals surface area (Å²) in [4.78, 5) is 42.8. The number of H-pyrrole nitrogens is 1. The molecule has 4 rings (SSSR count). The molecule has 0 atom stereocenters. The first kappa shape index (κ1) is 17.1. The summed E-state index contributed by atoms with van der Waals surface area (Å²) >= 11 is 0. The molecule has 1 aliphatic rings. The van der Waals surface area contributed by atoms with Crippen LogP contribution < -0.4 is 5.76 Å². The van der Waals surface area contributed by atoms with Crippen LogP contribution in [0.3, 0.4) is 0 Å². The van der Waals surface area contributed by atoms with E-state index >= 15 is 0 Å². The maximum atomic E-state index is 12.8. The molecule has 0 radical (unpaired) electrons. The number of hydrogen-bond donors (Lipinski definition) is 1. The number of hydrogen-bond acceptors (Lipinski definition) is 4. The SMILES string of the molecule is O=C(c1ccccc1)N1CCCN(C(=O)c2ccc3[nH]c(=O)oc3c2)CC1. The van der Waals surface area contributed by atoms with Crippen LogP contribution in [0.1, 0.15) is 27.1 Å². The zero-order valence-corrected chi connectivity index (χ0v) is 14.7. The smallest absolute Gasteiger partial charge is 0.408 e. The first-order valence-electron chi connectivity index (χ1n) is 8.88. The van der Waals surface area contributed by atoms with Gasteiger partial charge in [0, 0.05) is 37.3 Å². The number of carbonyl (C=O) groups is 2. The lowest BCUT2D eigenvalue weighted by atomic mass is 10.1. The lowest BCUT2D eigenvalue weighted by molar-refractivity contribution is 0.0719. The molecule has 1 aliphatic heterocycles. The molecule has 0 spiro atoms. The van der Waals surface area contributed by atoms with Gasteiger partial charge in [-0.2, -0.15) is 0 Å². The van der Waals surface area contributed by atoms with E-state index < -0.39 is 5.76 Å². The maximum absolute atomic E-state index is 12.8. The predicted octanol–water partition coefficient (Wildman–Crippen LogP) is 2.11. The summed E-state index contributed by atoms with van der Waals surface area (Å²) < 4.78 is 5.03. The van der Waals surface area contributed by atoms with Crippen LogP contribution in [-0.4, -0.2) is 52.8 Å². The molecule has 0 unspecified atom stereocenters. The first-order valence-corrected chi connectivity index (χ1v) is 8.88. The second kappa shape index (κ2) is 7.11. The molecule has 2 aromatic carbocycles. The normalized spacial score (nSPS) is 15.0. The molecule has 0 saturated carbocycles. The van der Waals surface area contributed by atoms with Crippen molar-refractivity contribution in [1.29, 1.82) is 0 Å². The topological polar surface area (TPSA) is 86.6 Å². The van der Waals surface area contributed by atoms with Crippen LogP contribution >= 0.6 is 0 Å². The Hall–Kier alpha value is -3.35. The largest absolute Gasteiger partial charge is 0.417 e. The first-order chi connectivity index (χ1) is 13.1. The maximum Gasteiger partial charge on any atom is 0.417 e. The Morgan fingerprint density at radius 2 is 1.52 bits per heavy atom. The number of carbonyl (C=O) groups excluding carboxylic acids is 2. The third-order valence-electron chi connectivity index (χ3n) is 4.76. The predicted molar refractivity (Wildman–Crippen MR) is 99.7 cm³/mol. The quantitative estimate of drug-likeness (QED) is 0.754. The van der Waals surface area contributed by atoms with E-state index in [9.17, 15) is 14.4 Å². The molecule has 27 heavy (non-hydrogen) atoms. The van der Waals surface area contributed by atoms with Crippen LogP contribution in [0.5, 0.6) is 0 Å². The van der Waals surface area contributed by atoms with Crippen molar-refractivity contribution < 1.29 is 14.0 Å². The highest BCUT2D eigenvalue weighted by Crippen LogP contribution is 2.16. The highest BCUT2D eigenvalue weighted by Gasteiger charge is 2.23. The van der Waals surface area contributed by atoms with Crippen molar-refractivity contribution in [2.24, 2.45) is 0 Å². The summed E-state index contributed by atoms with van der Waals surface area (Å²) in [7, 11) is 0. The summed E-state index contributed by atoms with van der Waals surface area (Å²) in [6, 6.07) is 14.1. The van der Waals surface area contributed by atoms with Gasteiger partial charge in [-0.05, 0) is 36.8 Å². The molecule has 2 heterocycles. The van der Waals surface area contributed by atoms with Gasteiger partial charge in [0.1, 0.15) is 0 Å². The van der Waals surface area contributed by atoms with Crippen LogP contribution in [0.2, 0.25) is 0 Å². The van der Waals surface area contributed by atoms with E-state index in [-0.39, 0.29) is 11.8 Å². The minimum atomic E-state index is -0.542. The van der Waals surface area contributed by atoms with E-state index in [4.69, 9.17) is 4.42 Å². The number of aromatic nitrogens is 1. The number of amides is 2. The number of fused-ring (bicyclic) bond motifs is 1. The van der Waals surface area contributed by atoms with Crippen molar-refractivity contribution in [1.82, 2.24) is 14.8 Å². The van der Waals surface area contributed by atoms with Gasteiger partial charge in [-0.1, -0.05) is 18.2 Å². The molecule has 1 aromatic heterocycles. The Labute approximate surface area is 155 Å². The van der Waals surface area contributed by atoms with Gasteiger partial charge in [0.25, 0.3) is 11.8 Å². The molecule has 7 heteroatoms. The average Bonchev–Trinajstić information content (AvgIpc) is 2.90. The Morgan fingerprint density at radius 3 is 2.22 bits per heavy atom. The molecule has 0 aliphatic carbocycles. The monoisotopic (exact) mass is 365 g/mol. The van der Waals surface area contributed by atoms with Crippen LogP contribution in [0.4, 0.5) is 0 Å². The molecule has 1 fully saturated rings. The van der Waals surface area contributed by atoms with E-state index in [0.29, 0.717) is 54.8 Å². The van der Waals surface area contributed by atoms with Crippen molar-refractivity contribution in [3.8, 4) is 0 Å². The molecule has 2 amide bonds. The van der Waals surface area contributed by atoms with Crippen molar-refractivity contribution in [2.45, 2.75) is 6.42 Å². The lowest BCUT2D eigenvalue weighted by Gasteiger charge is -2.22. The number of rotatable bonds is 2. The van der Waals surface area contributed by atoms with Crippen molar-refractivity contribution >= 4 is 22.9 Å². The molecule has 3 aromatic rings. The van der Waals surface area contributed by atoms with Gasteiger partial charge in [-0.15, -0.1) is 0 Å². The van der Waals surface area contributed by atoms with Gasteiger partial charge in [0.15, 0.2) is 5.58 Å². The zero-order valence-electron chi connectivity index (χ0n) is 14.7. The third-order valence-corrected chi connectivity index (χ3v) is 4.76. The third kappa shape index (κ3) is 3.48. The molecule has 1 saturated heterocycles. The minimum absolute atomic E-state index is 0.0135.